The van der Waals surface area contributed by atoms with Crippen molar-refractivity contribution in [3.63, 3.8) is 0 Å². The second-order valence-electron chi connectivity index (χ2n) is 5.88. The lowest BCUT2D eigenvalue weighted by Crippen LogP contribution is -2.53. The summed E-state index contributed by atoms with van der Waals surface area (Å²) in [6, 6.07) is -0.757. The maximum atomic E-state index is 12.2. The number of nitrogens with zero attached hydrogens (tertiary/aromatic N) is 4. The molecule has 0 unspecified atom stereocenters. The predicted octanol–water partition coefficient (Wildman–Crippen LogP) is -1.46. The molecule has 1 saturated heterocycles. The summed E-state index contributed by atoms with van der Waals surface area (Å²) in [5.41, 5.74) is -1.85. The van der Waals surface area contributed by atoms with Crippen LogP contribution in [0, 0.1) is 0 Å². The number of carbonyl (C=O) groups excluding carboxylic acids is 3. The average molecular weight is 361 g/mol. The molecule has 0 bridgehead atoms. The van der Waals surface area contributed by atoms with Gasteiger partial charge in [0.15, 0.2) is 0 Å². The molecule has 0 atom stereocenters. The smallest absolute Gasteiger partial charge is 0.333 e. The number of rotatable bonds is 2. The monoisotopic (exact) mass is 361 g/mol. The molecule has 4 amide bonds. The first-order valence-corrected chi connectivity index (χ1v) is 7.46. The molecule has 10 heteroatoms. The van der Waals surface area contributed by atoms with Crippen molar-refractivity contribution in [3.05, 3.63) is 43.6 Å². The molecule has 1 fully saturated rings. The second kappa shape index (κ2) is 6.47. The van der Waals surface area contributed by atoms with E-state index in [1.54, 1.807) is 0 Å². The van der Waals surface area contributed by atoms with Crippen molar-refractivity contribution >= 4 is 23.9 Å². The Morgan fingerprint density at radius 2 is 1.38 bits per heavy atom. The standard InChI is InChI=1S/C16H18N4O6/c1-8(6-9-11(21)17(2)15(25)18(3)12(9)22)7-10-13(23)19(4)16(26)20(5)14(10)24/h6-7,21H,1-5H3/p-1. The molecule has 0 spiro atoms. The maximum absolute atomic E-state index is 12.2. The van der Waals surface area contributed by atoms with Gasteiger partial charge in [-0.25, -0.2) is 9.59 Å². The van der Waals surface area contributed by atoms with Crippen LogP contribution in [0.5, 0.6) is 5.88 Å². The molecule has 0 radical (unpaired) electrons. The Bertz CT molecular complexity index is 985. The van der Waals surface area contributed by atoms with Crippen molar-refractivity contribution in [2.24, 2.45) is 14.1 Å². The molecular formula is C16H17N4O6-. The lowest BCUT2D eigenvalue weighted by Gasteiger charge is -2.28. The summed E-state index contributed by atoms with van der Waals surface area (Å²) in [7, 11) is 4.94. The first kappa shape index (κ1) is 18.9. The van der Waals surface area contributed by atoms with Gasteiger partial charge in [-0.05, 0) is 30.5 Å². The molecule has 1 aromatic rings. The van der Waals surface area contributed by atoms with Crippen LogP contribution in [0.1, 0.15) is 12.5 Å². The zero-order valence-electron chi connectivity index (χ0n) is 14.9. The number of carbonyl (C=O) groups is 3. The highest BCUT2D eigenvalue weighted by atomic mass is 16.3. The topological polar surface area (TPSA) is 125 Å². The predicted molar refractivity (Wildman–Crippen MR) is 89.0 cm³/mol. The fourth-order valence-electron chi connectivity index (χ4n) is 2.45. The second-order valence-corrected chi connectivity index (χ2v) is 5.88. The molecular weight excluding hydrogens is 344 g/mol. The van der Waals surface area contributed by atoms with Gasteiger partial charge in [0.05, 0.1) is 0 Å². The van der Waals surface area contributed by atoms with Crippen LogP contribution in [0.3, 0.4) is 0 Å². The molecule has 0 aromatic carbocycles. The number of amides is 4. The summed E-state index contributed by atoms with van der Waals surface area (Å²) in [5.74, 6) is -2.37. The van der Waals surface area contributed by atoms with E-state index in [-0.39, 0.29) is 16.7 Å². The number of hydrogen-bond acceptors (Lipinski definition) is 6. The van der Waals surface area contributed by atoms with Crippen LogP contribution in [0.2, 0.25) is 0 Å². The van der Waals surface area contributed by atoms with Crippen LogP contribution >= 0.6 is 0 Å². The number of barbiturate groups is 1. The minimum atomic E-state index is -0.790. The quantitative estimate of drug-likeness (QED) is 0.468. The lowest BCUT2D eigenvalue weighted by atomic mass is 10.1. The normalized spacial score (nSPS) is 15.8. The highest BCUT2D eigenvalue weighted by Gasteiger charge is 2.37. The molecule has 2 rings (SSSR count). The molecule has 138 valence electrons. The number of aromatic nitrogens is 2. The Balaban J connectivity index is 2.59. The van der Waals surface area contributed by atoms with Gasteiger partial charge in [-0.1, -0.05) is 0 Å². The summed E-state index contributed by atoms with van der Waals surface area (Å²) < 4.78 is 1.57. The molecule has 2 heterocycles. The largest absolute Gasteiger partial charge is 0.859 e. The molecule has 1 aromatic heterocycles. The molecule has 0 saturated carbocycles. The van der Waals surface area contributed by atoms with E-state index in [0.29, 0.717) is 0 Å². The van der Waals surface area contributed by atoms with E-state index in [1.807, 2.05) is 0 Å². The first-order chi connectivity index (χ1) is 12.0. The molecule has 0 aliphatic carbocycles. The molecule has 1 aliphatic heterocycles. The highest BCUT2D eigenvalue weighted by Crippen LogP contribution is 2.18. The Morgan fingerprint density at radius 1 is 0.885 bits per heavy atom. The van der Waals surface area contributed by atoms with Crippen molar-refractivity contribution in [2.75, 3.05) is 14.1 Å². The van der Waals surface area contributed by atoms with Crippen LogP contribution < -0.4 is 16.4 Å². The Labute approximate surface area is 147 Å². The van der Waals surface area contributed by atoms with Gasteiger partial charge in [-0.2, -0.15) is 0 Å². The summed E-state index contributed by atoms with van der Waals surface area (Å²) in [6.45, 7) is 1.48. The van der Waals surface area contributed by atoms with Crippen molar-refractivity contribution in [2.45, 2.75) is 6.92 Å². The maximum Gasteiger partial charge on any atom is 0.333 e. The van der Waals surface area contributed by atoms with Crippen LogP contribution in [-0.2, 0) is 23.7 Å². The van der Waals surface area contributed by atoms with Gasteiger partial charge in [0.25, 0.3) is 17.4 Å². The number of likely N-dealkylation sites (N-methyl/N-ethyl adjacent to an activating group) is 2. The van der Waals surface area contributed by atoms with E-state index in [2.05, 4.69) is 0 Å². The van der Waals surface area contributed by atoms with Crippen LogP contribution in [0.25, 0.3) is 6.08 Å². The molecule has 10 nitrogen and oxygen atoms in total. The number of allylic oxidation sites excluding steroid dienone is 2. The van der Waals surface area contributed by atoms with E-state index in [9.17, 15) is 29.1 Å². The average Bonchev–Trinajstić information content (AvgIpc) is 2.62. The third kappa shape index (κ3) is 2.85. The fourth-order valence-corrected chi connectivity index (χ4v) is 2.45. The van der Waals surface area contributed by atoms with E-state index < -0.39 is 35.0 Å². The van der Waals surface area contributed by atoms with Gasteiger partial charge in [0.1, 0.15) is 5.57 Å². The Morgan fingerprint density at radius 3 is 1.88 bits per heavy atom. The van der Waals surface area contributed by atoms with E-state index >= 15 is 0 Å². The Kier molecular flexibility index (Phi) is 4.70. The molecule has 26 heavy (non-hydrogen) atoms. The van der Waals surface area contributed by atoms with Crippen molar-refractivity contribution in [3.8, 4) is 5.88 Å². The SMILES string of the molecule is CC(=Cc1c([O-])n(C)c(=O)n(C)c1=O)C=C1C(=O)N(C)C(=O)N(C)C1=O. The van der Waals surface area contributed by atoms with Gasteiger partial charge in [-0.15, -0.1) is 0 Å². The number of hydrogen-bond donors (Lipinski definition) is 0. The summed E-state index contributed by atoms with van der Waals surface area (Å²) in [6.07, 6.45) is 2.38. The minimum Gasteiger partial charge on any atom is -0.859 e. The lowest BCUT2D eigenvalue weighted by molar-refractivity contribution is -0.280. The van der Waals surface area contributed by atoms with Gasteiger partial charge in [-0.3, -0.25) is 28.8 Å². The van der Waals surface area contributed by atoms with Crippen molar-refractivity contribution in [1.82, 2.24) is 18.9 Å². The van der Waals surface area contributed by atoms with E-state index in [4.69, 9.17) is 0 Å². The van der Waals surface area contributed by atoms with E-state index in [0.717, 1.165) is 18.9 Å². The van der Waals surface area contributed by atoms with Crippen LogP contribution in [-0.4, -0.2) is 50.9 Å². The highest BCUT2D eigenvalue weighted by molar-refractivity contribution is 6.28. The number of imide groups is 2. The zero-order chi connectivity index (χ0) is 19.9. The van der Waals surface area contributed by atoms with Crippen LogP contribution in [0.15, 0.2) is 26.8 Å². The Hall–Kier alpha value is -3.43. The summed E-state index contributed by atoms with van der Waals surface area (Å²) in [5, 5.41) is 12.2. The third-order valence-corrected chi connectivity index (χ3v) is 4.03. The zero-order valence-corrected chi connectivity index (χ0v) is 14.9. The van der Waals surface area contributed by atoms with E-state index in [1.165, 1.54) is 47.3 Å². The summed E-state index contributed by atoms with van der Waals surface area (Å²) in [4.78, 5) is 61.5. The molecule has 1 aliphatic rings. The van der Waals surface area contributed by atoms with Gasteiger partial charge in [0, 0.05) is 33.8 Å². The number of urea groups is 1. The van der Waals surface area contributed by atoms with Gasteiger partial charge in [0.2, 0.25) is 0 Å². The van der Waals surface area contributed by atoms with Crippen LogP contribution in [0.4, 0.5) is 4.79 Å². The summed E-state index contributed by atoms with van der Waals surface area (Å²) >= 11 is 0. The van der Waals surface area contributed by atoms with Crippen molar-refractivity contribution < 1.29 is 19.5 Å². The minimum absolute atomic E-state index is 0.255. The fraction of sp³-hybridized carbons (Fsp3) is 0.312. The molecule has 0 N–H and O–H groups in total. The van der Waals surface area contributed by atoms with Crippen molar-refractivity contribution in [1.29, 1.82) is 0 Å². The third-order valence-electron chi connectivity index (χ3n) is 4.03. The first-order valence-electron chi connectivity index (χ1n) is 7.46. The van der Waals surface area contributed by atoms with Gasteiger partial charge >= 0.3 is 11.7 Å². The van der Waals surface area contributed by atoms with Gasteiger partial charge < -0.3 is 9.67 Å².